The van der Waals surface area contributed by atoms with Gasteiger partial charge in [0.05, 0.1) is 2.88 Å². The summed E-state index contributed by atoms with van der Waals surface area (Å²) in [5.74, 6) is 0. The quantitative estimate of drug-likeness (QED) is 0.510. The maximum atomic E-state index is 4.30. The van der Waals surface area contributed by atoms with E-state index in [2.05, 4.69) is 63.3 Å². The third-order valence-corrected chi connectivity index (χ3v) is 5.84. The second kappa shape index (κ2) is 3.48. The molecular weight excluding hydrogens is 367 g/mol. The van der Waals surface area contributed by atoms with E-state index in [4.69, 9.17) is 0 Å². The van der Waals surface area contributed by atoms with Gasteiger partial charge >= 0.3 is 0 Å². The van der Waals surface area contributed by atoms with Crippen LogP contribution in [0.2, 0.25) is 0 Å². The van der Waals surface area contributed by atoms with Crippen LogP contribution >= 0.6 is 62.5 Å². The minimum atomic E-state index is 1.01. The number of halogens is 2. The Morgan fingerprint density at radius 2 is 2.17 bits per heavy atom. The lowest BCUT2D eigenvalue weighted by Crippen LogP contribution is -1.66. The van der Waals surface area contributed by atoms with E-state index in [1.807, 2.05) is 6.07 Å². The molecule has 0 aliphatic rings. The Balaban J connectivity index is 2.88. The van der Waals surface area contributed by atoms with Crippen molar-refractivity contribution in [1.82, 2.24) is 0 Å². The van der Waals surface area contributed by atoms with Gasteiger partial charge in [-0.2, -0.15) is 0 Å². The molecule has 0 radical (unpaired) electrons. The minimum Gasteiger partial charge on any atom is -0.143 e. The molecule has 0 saturated heterocycles. The van der Waals surface area contributed by atoms with Gasteiger partial charge < -0.3 is 0 Å². The Morgan fingerprint density at radius 1 is 1.42 bits per heavy atom. The summed E-state index contributed by atoms with van der Waals surface area (Å²) in [5, 5.41) is 1.26. The minimum absolute atomic E-state index is 1.01. The standard InChI is InChI=1S/C8H4BrIS2/c9-7-5-3-4(11)1-2-6(5)12-8(7)10/h1-3,11H. The molecule has 1 aromatic carbocycles. The molecule has 0 N–H and O–H groups in total. The topological polar surface area (TPSA) is 0 Å². The Hall–Kier alpha value is 0.740. The molecule has 0 aliphatic carbocycles. The highest BCUT2D eigenvalue weighted by Gasteiger charge is 2.06. The predicted octanol–water partition coefficient (Wildman–Crippen LogP) is 4.56. The molecule has 0 atom stereocenters. The molecule has 0 amide bonds. The van der Waals surface area contributed by atoms with Crippen molar-refractivity contribution in [2.45, 2.75) is 4.90 Å². The van der Waals surface area contributed by atoms with E-state index in [0.29, 0.717) is 0 Å². The Bertz CT molecular complexity index is 436. The summed E-state index contributed by atoms with van der Waals surface area (Å²) in [4.78, 5) is 1.01. The van der Waals surface area contributed by atoms with Gasteiger partial charge in [0.2, 0.25) is 0 Å². The number of thiophene rings is 1. The molecule has 0 fully saturated rings. The first kappa shape index (κ1) is 9.30. The van der Waals surface area contributed by atoms with Crippen LogP contribution in [0.4, 0.5) is 0 Å². The highest BCUT2D eigenvalue weighted by Crippen LogP contribution is 2.37. The predicted molar refractivity (Wildman–Crippen MR) is 69.5 cm³/mol. The second-order valence-corrected chi connectivity index (χ2v) is 6.54. The summed E-state index contributed by atoms with van der Waals surface area (Å²) in [6, 6.07) is 6.21. The monoisotopic (exact) mass is 370 g/mol. The Labute approximate surface area is 102 Å². The van der Waals surface area contributed by atoms with Crippen LogP contribution in [0.1, 0.15) is 0 Å². The van der Waals surface area contributed by atoms with Gasteiger partial charge in [-0.05, 0) is 56.7 Å². The van der Waals surface area contributed by atoms with Crippen molar-refractivity contribution >= 4 is 72.6 Å². The van der Waals surface area contributed by atoms with Crippen LogP contribution in [0.3, 0.4) is 0 Å². The number of hydrogen-bond acceptors (Lipinski definition) is 2. The molecule has 1 aromatic heterocycles. The van der Waals surface area contributed by atoms with Crippen molar-refractivity contribution in [3.05, 3.63) is 25.6 Å². The lowest BCUT2D eigenvalue weighted by molar-refractivity contribution is 1.54. The third-order valence-electron chi connectivity index (χ3n) is 1.57. The van der Waals surface area contributed by atoms with E-state index in [9.17, 15) is 0 Å². The Kier molecular flexibility index (Phi) is 2.69. The fourth-order valence-electron chi connectivity index (χ4n) is 1.03. The largest absolute Gasteiger partial charge is 0.143 e. The lowest BCUT2D eigenvalue weighted by Gasteiger charge is -1.91. The van der Waals surface area contributed by atoms with E-state index in [-0.39, 0.29) is 0 Å². The molecule has 4 heteroatoms. The molecule has 0 spiro atoms. The lowest BCUT2D eigenvalue weighted by atomic mass is 10.3. The SMILES string of the molecule is Sc1ccc2sc(I)c(Br)c2c1. The zero-order valence-corrected chi connectivity index (χ0v) is 11.3. The number of rotatable bonds is 0. The van der Waals surface area contributed by atoms with Crippen LogP contribution in [0, 0.1) is 2.88 Å². The van der Waals surface area contributed by atoms with Crippen molar-refractivity contribution in [2.24, 2.45) is 0 Å². The van der Waals surface area contributed by atoms with Crippen LogP contribution in [-0.4, -0.2) is 0 Å². The average Bonchev–Trinajstić information content (AvgIpc) is 2.31. The van der Waals surface area contributed by atoms with Crippen LogP contribution in [0.5, 0.6) is 0 Å². The second-order valence-electron chi connectivity index (χ2n) is 2.37. The van der Waals surface area contributed by atoms with Crippen LogP contribution in [0.25, 0.3) is 10.1 Å². The molecule has 0 bridgehead atoms. The fraction of sp³-hybridized carbons (Fsp3) is 0. The summed E-state index contributed by atoms with van der Waals surface area (Å²) in [6.07, 6.45) is 0. The summed E-state index contributed by atoms with van der Waals surface area (Å²) in [6.45, 7) is 0. The zero-order valence-electron chi connectivity index (χ0n) is 5.84. The van der Waals surface area contributed by atoms with E-state index >= 15 is 0 Å². The normalized spacial score (nSPS) is 10.9. The van der Waals surface area contributed by atoms with Gasteiger partial charge in [-0.3, -0.25) is 0 Å². The molecule has 62 valence electrons. The first-order chi connectivity index (χ1) is 5.68. The van der Waals surface area contributed by atoms with E-state index < -0.39 is 0 Å². The van der Waals surface area contributed by atoms with E-state index in [1.54, 1.807) is 11.3 Å². The first-order valence-electron chi connectivity index (χ1n) is 3.25. The van der Waals surface area contributed by atoms with Crippen molar-refractivity contribution in [1.29, 1.82) is 0 Å². The number of benzene rings is 1. The molecule has 0 unspecified atom stereocenters. The number of hydrogen-bond donors (Lipinski definition) is 1. The summed E-state index contributed by atoms with van der Waals surface area (Å²) >= 11 is 12.0. The smallest absolute Gasteiger partial charge is 0.0808 e. The highest BCUT2D eigenvalue weighted by atomic mass is 127. The van der Waals surface area contributed by atoms with Gasteiger partial charge in [0.25, 0.3) is 0 Å². The summed E-state index contributed by atoms with van der Waals surface area (Å²) < 4.78 is 3.80. The zero-order chi connectivity index (χ0) is 8.72. The van der Waals surface area contributed by atoms with Gasteiger partial charge in [-0.25, -0.2) is 0 Å². The van der Waals surface area contributed by atoms with Crippen molar-refractivity contribution in [3.63, 3.8) is 0 Å². The molecule has 2 rings (SSSR count). The summed E-state index contributed by atoms with van der Waals surface area (Å²) in [5.41, 5.74) is 0. The molecule has 1 heterocycles. The third kappa shape index (κ3) is 1.54. The van der Waals surface area contributed by atoms with Gasteiger partial charge in [0.15, 0.2) is 0 Å². The van der Waals surface area contributed by atoms with Crippen LogP contribution < -0.4 is 0 Å². The van der Waals surface area contributed by atoms with E-state index in [0.717, 1.165) is 4.90 Å². The summed E-state index contributed by atoms with van der Waals surface area (Å²) in [7, 11) is 0. The maximum absolute atomic E-state index is 4.30. The van der Waals surface area contributed by atoms with Crippen LogP contribution in [-0.2, 0) is 0 Å². The van der Waals surface area contributed by atoms with Crippen molar-refractivity contribution in [3.8, 4) is 0 Å². The van der Waals surface area contributed by atoms with Crippen molar-refractivity contribution < 1.29 is 0 Å². The number of thiol groups is 1. The van der Waals surface area contributed by atoms with E-state index in [1.165, 1.54) is 17.4 Å². The Morgan fingerprint density at radius 3 is 2.92 bits per heavy atom. The fourth-order valence-corrected chi connectivity index (χ4v) is 3.73. The molecule has 2 aromatic rings. The molecular formula is C8H4BrIS2. The van der Waals surface area contributed by atoms with Gasteiger partial charge in [0.1, 0.15) is 0 Å². The van der Waals surface area contributed by atoms with Gasteiger partial charge in [-0.15, -0.1) is 24.0 Å². The van der Waals surface area contributed by atoms with Gasteiger partial charge in [0, 0.05) is 19.5 Å². The average molecular weight is 371 g/mol. The maximum Gasteiger partial charge on any atom is 0.0808 e. The molecule has 0 saturated carbocycles. The molecule has 0 nitrogen and oxygen atoms in total. The van der Waals surface area contributed by atoms with Crippen molar-refractivity contribution in [2.75, 3.05) is 0 Å². The highest BCUT2D eigenvalue weighted by molar-refractivity contribution is 14.1. The first-order valence-corrected chi connectivity index (χ1v) is 6.38. The van der Waals surface area contributed by atoms with Gasteiger partial charge in [-0.1, -0.05) is 0 Å². The van der Waals surface area contributed by atoms with Crippen LogP contribution in [0.15, 0.2) is 27.6 Å². The molecule has 0 aliphatic heterocycles. The molecule has 12 heavy (non-hydrogen) atoms. The number of fused-ring (bicyclic) bond motifs is 1.